The fraction of sp³-hybridized carbons (Fsp3) is 0.111. The van der Waals surface area contributed by atoms with Crippen LogP contribution in [0.15, 0.2) is 66.2 Å². The van der Waals surface area contributed by atoms with Gasteiger partial charge in [-0.2, -0.15) is 0 Å². The minimum absolute atomic E-state index is 0.441. The van der Waals surface area contributed by atoms with E-state index in [9.17, 15) is 9.90 Å². The van der Waals surface area contributed by atoms with Crippen molar-refractivity contribution >= 4 is 17.3 Å². The van der Waals surface area contributed by atoms with Gasteiger partial charge in [-0.25, -0.2) is 4.98 Å². The van der Waals surface area contributed by atoms with E-state index in [4.69, 9.17) is 4.74 Å². The van der Waals surface area contributed by atoms with Crippen molar-refractivity contribution < 1.29 is 14.6 Å². The third-order valence-corrected chi connectivity index (χ3v) is 4.10. The fourth-order valence-electron chi connectivity index (χ4n) is 2.35. The standard InChI is InChI=1S/C18H15NO3S/c20-17(21)16(11-13-5-2-1-3-6-13)14-7-4-8-15(12-14)22-18-19-9-10-23-18/h1-10,12,16H,11H2,(H,20,21). The molecular weight excluding hydrogens is 310 g/mol. The van der Waals surface area contributed by atoms with E-state index in [1.165, 1.54) is 11.3 Å². The Hall–Kier alpha value is -2.66. The molecule has 0 saturated heterocycles. The lowest BCUT2D eigenvalue weighted by atomic mass is 9.92. The van der Waals surface area contributed by atoms with Gasteiger partial charge in [-0.3, -0.25) is 4.79 Å². The van der Waals surface area contributed by atoms with E-state index in [1.54, 1.807) is 24.4 Å². The van der Waals surface area contributed by atoms with Crippen molar-refractivity contribution in [3.63, 3.8) is 0 Å². The van der Waals surface area contributed by atoms with Crippen LogP contribution < -0.4 is 4.74 Å². The smallest absolute Gasteiger partial charge is 0.311 e. The average Bonchev–Trinajstić information content (AvgIpc) is 3.06. The van der Waals surface area contributed by atoms with Gasteiger partial charge in [0.05, 0.1) is 5.92 Å². The van der Waals surface area contributed by atoms with Gasteiger partial charge in [-0.15, -0.1) is 0 Å². The van der Waals surface area contributed by atoms with Crippen LogP contribution in [0.2, 0.25) is 0 Å². The van der Waals surface area contributed by atoms with Crippen molar-refractivity contribution in [1.29, 1.82) is 0 Å². The number of ether oxygens (including phenoxy) is 1. The molecule has 0 saturated carbocycles. The summed E-state index contributed by atoms with van der Waals surface area (Å²) in [5, 5.41) is 12.0. The van der Waals surface area contributed by atoms with Crippen molar-refractivity contribution in [2.75, 3.05) is 0 Å². The number of nitrogens with zero attached hydrogens (tertiary/aromatic N) is 1. The summed E-state index contributed by atoms with van der Waals surface area (Å²) >= 11 is 1.39. The number of carboxylic acid groups (broad SMARTS) is 1. The van der Waals surface area contributed by atoms with Crippen LogP contribution >= 0.6 is 11.3 Å². The van der Waals surface area contributed by atoms with Crippen molar-refractivity contribution in [2.24, 2.45) is 0 Å². The highest BCUT2D eigenvalue weighted by Gasteiger charge is 2.21. The van der Waals surface area contributed by atoms with Crippen LogP contribution in [0, 0.1) is 0 Å². The summed E-state index contributed by atoms with van der Waals surface area (Å²) < 4.78 is 5.65. The fourth-order valence-corrected chi connectivity index (χ4v) is 2.86. The van der Waals surface area contributed by atoms with E-state index in [0.29, 0.717) is 17.4 Å². The zero-order chi connectivity index (χ0) is 16.1. The minimum atomic E-state index is -0.847. The number of hydrogen-bond donors (Lipinski definition) is 1. The van der Waals surface area contributed by atoms with Crippen LogP contribution in [0.4, 0.5) is 0 Å². The second-order valence-corrected chi connectivity index (χ2v) is 5.91. The molecule has 1 atom stereocenters. The number of carbonyl (C=O) groups is 1. The summed E-state index contributed by atoms with van der Waals surface area (Å²) in [6.07, 6.45) is 2.11. The lowest BCUT2D eigenvalue weighted by molar-refractivity contribution is -0.138. The van der Waals surface area contributed by atoms with Crippen LogP contribution in [0.1, 0.15) is 17.0 Å². The Morgan fingerprint density at radius 2 is 2.00 bits per heavy atom. The minimum Gasteiger partial charge on any atom is -0.481 e. The second kappa shape index (κ2) is 7.07. The third-order valence-electron chi connectivity index (χ3n) is 3.46. The summed E-state index contributed by atoms with van der Waals surface area (Å²) in [6.45, 7) is 0. The molecule has 5 heteroatoms. The number of aromatic nitrogens is 1. The maximum Gasteiger partial charge on any atom is 0.311 e. The van der Waals surface area contributed by atoms with Crippen LogP contribution in [0.5, 0.6) is 10.9 Å². The maximum atomic E-state index is 11.7. The van der Waals surface area contributed by atoms with E-state index in [2.05, 4.69) is 4.98 Å². The number of benzene rings is 2. The first-order valence-corrected chi connectivity index (χ1v) is 8.04. The van der Waals surface area contributed by atoms with Gasteiger partial charge in [0, 0.05) is 11.6 Å². The Labute approximate surface area is 138 Å². The molecule has 0 fully saturated rings. The highest BCUT2D eigenvalue weighted by atomic mass is 32.1. The van der Waals surface area contributed by atoms with E-state index < -0.39 is 11.9 Å². The molecule has 1 N–H and O–H groups in total. The first kappa shape index (κ1) is 15.2. The highest BCUT2D eigenvalue weighted by Crippen LogP contribution is 2.28. The summed E-state index contributed by atoms with van der Waals surface area (Å²) in [4.78, 5) is 15.8. The number of aliphatic carboxylic acids is 1. The average molecular weight is 325 g/mol. The van der Waals surface area contributed by atoms with Gasteiger partial charge >= 0.3 is 5.97 Å². The number of carboxylic acids is 1. The lowest BCUT2D eigenvalue weighted by Gasteiger charge is -2.14. The predicted octanol–water partition coefficient (Wildman–Crippen LogP) is 4.35. The molecule has 4 nitrogen and oxygen atoms in total. The molecule has 0 radical (unpaired) electrons. The monoisotopic (exact) mass is 325 g/mol. The predicted molar refractivity (Wildman–Crippen MR) is 89.2 cm³/mol. The SMILES string of the molecule is O=C(O)C(Cc1ccccc1)c1cccc(Oc2nccs2)c1. The van der Waals surface area contributed by atoms with Crippen LogP contribution in [-0.2, 0) is 11.2 Å². The van der Waals surface area contributed by atoms with E-state index in [1.807, 2.05) is 41.8 Å². The van der Waals surface area contributed by atoms with Crippen LogP contribution in [-0.4, -0.2) is 16.1 Å². The quantitative estimate of drug-likeness (QED) is 0.732. The van der Waals surface area contributed by atoms with E-state index in [-0.39, 0.29) is 0 Å². The molecule has 116 valence electrons. The molecule has 1 aromatic heterocycles. The zero-order valence-corrected chi connectivity index (χ0v) is 13.1. The molecule has 3 rings (SSSR count). The first-order valence-electron chi connectivity index (χ1n) is 7.16. The summed E-state index contributed by atoms with van der Waals surface area (Å²) in [6, 6.07) is 16.8. The van der Waals surface area contributed by atoms with Crippen LogP contribution in [0.3, 0.4) is 0 Å². The molecule has 0 aliphatic rings. The van der Waals surface area contributed by atoms with Gasteiger partial charge < -0.3 is 9.84 Å². The summed E-state index contributed by atoms with van der Waals surface area (Å²) in [7, 11) is 0. The Morgan fingerprint density at radius 3 is 2.70 bits per heavy atom. The topological polar surface area (TPSA) is 59.4 Å². The molecule has 0 amide bonds. The van der Waals surface area contributed by atoms with Crippen LogP contribution in [0.25, 0.3) is 0 Å². The van der Waals surface area contributed by atoms with E-state index in [0.717, 1.165) is 11.1 Å². The Balaban J connectivity index is 1.83. The highest BCUT2D eigenvalue weighted by molar-refractivity contribution is 7.11. The number of hydrogen-bond acceptors (Lipinski definition) is 4. The van der Waals surface area contributed by atoms with Crippen molar-refractivity contribution in [1.82, 2.24) is 4.98 Å². The zero-order valence-electron chi connectivity index (χ0n) is 12.3. The molecule has 1 heterocycles. The first-order chi connectivity index (χ1) is 11.2. The molecule has 2 aromatic carbocycles. The molecule has 0 bridgehead atoms. The third kappa shape index (κ3) is 3.96. The van der Waals surface area contributed by atoms with Gasteiger partial charge in [0.1, 0.15) is 5.75 Å². The molecule has 23 heavy (non-hydrogen) atoms. The van der Waals surface area contributed by atoms with Gasteiger partial charge in [0.2, 0.25) is 0 Å². The van der Waals surface area contributed by atoms with Gasteiger partial charge in [-0.1, -0.05) is 53.8 Å². The largest absolute Gasteiger partial charge is 0.481 e. The normalized spacial score (nSPS) is 11.8. The van der Waals surface area contributed by atoms with Gasteiger partial charge in [-0.05, 0) is 29.7 Å². The molecule has 1 unspecified atom stereocenters. The lowest BCUT2D eigenvalue weighted by Crippen LogP contribution is -2.14. The van der Waals surface area contributed by atoms with Gasteiger partial charge in [0.25, 0.3) is 5.19 Å². The van der Waals surface area contributed by atoms with E-state index >= 15 is 0 Å². The van der Waals surface area contributed by atoms with Gasteiger partial charge in [0.15, 0.2) is 0 Å². The molecule has 3 aromatic rings. The molecule has 0 aliphatic heterocycles. The van der Waals surface area contributed by atoms with Crippen molar-refractivity contribution in [3.8, 4) is 10.9 Å². The maximum absolute atomic E-state index is 11.7. The number of rotatable bonds is 6. The number of thiazole rings is 1. The summed E-state index contributed by atoms with van der Waals surface area (Å²) in [5.41, 5.74) is 1.71. The Bertz CT molecular complexity index is 772. The molecule has 0 spiro atoms. The Kier molecular flexibility index (Phi) is 4.68. The summed E-state index contributed by atoms with van der Waals surface area (Å²) in [5.74, 6) is -0.866. The van der Waals surface area contributed by atoms with Crippen molar-refractivity contribution in [3.05, 3.63) is 77.3 Å². The molecular formula is C18H15NO3S. The second-order valence-electron chi connectivity index (χ2n) is 5.05. The Morgan fingerprint density at radius 1 is 1.17 bits per heavy atom. The van der Waals surface area contributed by atoms with Crippen molar-refractivity contribution in [2.45, 2.75) is 12.3 Å². The molecule has 0 aliphatic carbocycles.